The van der Waals surface area contributed by atoms with Crippen molar-refractivity contribution in [3.8, 4) is 16.9 Å². The molecule has 4 aliphatic rings. The molecule has 0 saturated heterocycles. The van der Waals surface area contributed by atoms with Crippen LogP contribution in [-0.4, -0.2) is 40.2 Å². The van der Waals surface area contributed by atoms with Crippen LogP contribution in [0.2, 0.25) is 5.02 Å². The van der Waals surface area contributed by atoms with Gasteiger partial charge in [-0.3, -0.25) is 4.79 Å². The molecule has 194 valence electrons. The first-order valence-corrected chi connectivity index (χ1v) is 13.5. The summed E-state index contributed by atoms with van der Waals surface area (Å²) in [6, 6.07) is 10.4. The third kappa shape index (κ3) is 5.16. The van der Waals surface area contributed by atoms with E-state index in [1.54, 1.807) is 7.11 Å². The quantitative estimate of drug-likeness (QED) is 0.207. The molecule has 0 aromatic heterocycles. The van der Waals surface area contributed by atoms with Crippen LogP contribution in [0.5, 0.6) is 5.75 Å². The van der Waals surface area contributed by atoms with Gasteiger partial charge in [-0.1, -0.05) is 23.7 Å². The normalized spacial score (nSPS) is 26.3. The van der Waals surface area contributed by atoms with Crippen molar-refractivity contribution in [1.29, 1.82) is 0 Å². The lowest BCUT2D eigenvalue weighted by atomic mass is 9.48. The molecule has 5 nitrogen and oxygen atoms in total. The zero-order valence-electron chi connectivity index (χ0n) is 21.6. The molecular formula is C30H37ClO5. The first kappa shape index (κ1) is 25.6. The van der Waals surface area contributed by atoms with Gasteiger partial charge in [0.2, 0.25) is 0 Å². The molecule has 0 amide bonds. The van der Waals surface area contributed by atoms with Crippen LogP contribution in [-0.2, 0) is 30.8 Å². The summed E-state index contributed by atoms with van der Waals surface area (Å²) in [5.41, 5.74) is 5.55. The van der Waals surface area contributed by atoms with Crippen LogP contribution in [0.3, 0.4) is 0 Å². The van der Waals surface area contributed by atoms with Crippen molar-refractivity contribution in [3.63, 3.8) is 0 Å². The number of esters is 1. The number of hydrogen-bond acceptors (Lipinski definition) is 5. The second kappa shape index (κ2) is 10.7. The Hall–Kier alpha value is -2.08. The molecule has 0 spiro atoms. The summed E-state index contributed by atoms with van der Waals surface area (Å²) in [5, 5.41) is 0.646. The maximum atomic E-state index is 11.7. The molecule has 6 rings (SSSR count). The minimum absolute atomic E-state index is 0.163. The second-order valence-corrected chi connectivity index (χ2v) is 11.5. The SMILES string of the molecule is COCCOCOc1cc(C)c(-c2ccc(CC(=O)OC)cc2Cl)cc1C12CC3CC(CC(C3)C1)C2. The summed E-state index contributed by atoms with van der Waals surface area (Å²) in [7, 11) is 3.07. The maximum Gasteiger partial charge on any atom is 0.309 e. The summed E-state index contributed by atoms with van der Waals surface area (Å²) < 4.78 is 21.9. The van der Waals surface area contributed by atoms with E-state index in [0.717, 1.165) is 45.8 Å². The third-order valence-corrected chi connectivity index (χ3v) is 8.88. The number of hydrogen-bond donors (Lipinski definition) is 0. The molecule has 2 aromatic rings. The first-order valence-electron chi connectivity index (χ1n) is 13.1. The van der Waals surface area contributed by atoms with Crippen LogP contribution in [0.25, 0.3) is 11.1 Å². The van der Waals surface area contributed by atoms with Crippen molar-refractivity contribution in [2.24, 2.45) is 17.8 Å². The molecule has 0 atom stereocenters. The van der Waals surface area contributed by atoms with E-state index in [4.69, 9.17) is 30.5 Å². The van der Waals surface area contributed by atoms with Gasteiger partial charge in [-0.15, -0.1) is 0 Å². The number of rotatable bonds is 10. The molecule has 0 radical (unpaired) electrons. The summed E-state index contributed by atoms with van der Waals surface area (Å²) in [4.78, 5) is 11.7. The zero-order chi connectivity index (χ0) is 25.3. The van der Waals surface area contributed by atoms with Gasteiger partial charge in [-0.2, -0.15) is 0 Å². The Bertz CT molecular complexity index is 1080. The van der Waals surface area contributed by atoms with E-state index in [2.05, 4.69) is 19.1 Å². The molecule has 4 saturated carbocycles. The fourth-order valence-corrected chi connectivity index (χ4v) is 7.68. The van der Waals surface area contributed by atoms with Gasteiger partial charge in [-0.25, -0.2) is 0 Å². The molecule has 0 heterocycles. The van der Waals surface area contributed by atoms with Crippen molar-refractivity contribution >= 4 is 17.6 Å². The Morgan fingerprint density at radius 1 is 0.972 bits per heavy atom. The summed E-state index contributed by atoms with van der Waals surface area (Å²) >= 11 is 6.79. The fourth-order valence-electron chi connectivity index (χ4n) is 7.38. The van der Waals surface area contributed by atoms with Crippen molar-refractivity contribution in [2.75, 3.05) is 34.2 Å². The van der Waals surface area contributed by atoms with E-state index in [1.165, 1.54) is 51.2 Å². The molecule has 0 N–H and O–H groups in total. The van der Waals surface area contributed by atoms with Crippen molar-refractivity contribution in [3.05, 3.63) is 52.0 Å². The van der Waals surface area contributed by atoms with Crippen LogP contribution < -0.4 is 4.74 Å². The summed E-state index contributed by atoms with van der Waals surface area (Å²) in [6.45, 7) is 3.38. The van der Waals surface area contributed by atoms with Crippen LogP contribution in [0, 0.1) is 24.7 Å². The highest BCUT2D eigenvalue weighted by Gasteiger charge is 2.52. The number of carbonyl (C=O) groups excluding carboxylic acids is 1. The minimum Gasteiger partial charge on any atom is -0.469 e. The lowest BCUT2D eigenvalue weighted by molar-refractivity contribution is -0.139. The monoisotopic (exact) mass is 512 g/mol. The number of halogens is 1. The number of carbonyl (C=O) groups is 1. The second-order valence-electron chi connectivity index (χ2n) is 11.1. The topological polar surface area (TPSA) is 54.0 Å². The number of methoxy groups -OCH3 is 2. The molecule has 0 aliphatic heterocycles. The van der Waals surface area contributed by atoms with Gasteiger partial charge in [0, 0.05) is 23.3 Å². The van der Waals surface area contributed by atoms with Gasteiger partial charge >= 0.3 is 5.97 Å². The van der Waals surface area contributed by atoms with E-state index in [0.29, 0.717) is 18.2 Å². The largest absolute Gasteiger partial charge is 0.469 e. The molecular weight excluding hydrogens is 476 g/mol. The van der Waals surface area contributed by atoms with Gasteiger partial charge in [-0.05, 0) is 104 Å². The molecule has 4 fully saturated rings. The van der Waals surface area contributed by atoms with E-state index in [-0.39, 0.29) is 24.6 Å². The number of ether oxygens (including phenoxy) is 4. The molecule has 4 aliphatic carbocycles. The molecule has 4 bridgehead atoms. The third-order valence-electron chi connectivity index (χ3n) is 8.57. The number of aryl methyl sites for hydroxylation is 1. The Morgan fingerprint density at radius 2 is 1.67 bits per heavy atom. The lowest BCUT2D eigenvalue weighted by Crippen LogP contribution is -2.48. The molecule has 6 heteroatoms. The smallest absolute Gasteiger partial charge is 0.309 e. The minimum atomic E-state index is -0.270. The Labute approximate surface area is 219 Å². The van der Waals surface area contributed by atoms with Crippen LogP contribution in [0.15, 0.2) is 30.3 Å². The molecule has 2 aromatic carbocycles. The Morgan fingerprint density at radius 3 is 2.28 bits per heavy atom. The van der Waals surface area contributed by atoms with Gasteiger partial charge in [0.25, 0.3) is 0 Å². The maximum absolute atomic E-state index is 11.7. The predicted molar refractivity (Wildman–Crippen MR) is 141 cm³/mol. The standard InChI is InChI=1S/C30H37ClO5/c1-19-8-28(36-18-35-7-6-33-2)26(30-15-21-9-22(16-30)11-23(10-21)17-30)14-25(19)24-5-4-20(12-27(24)31)13-29(32)34-3/h4-5,8,12,14,21-23H,6-7,9-11,13,15-18H2,1-3H3. The van der Waals surface area contributed by atoms with Crippen molar-refractivity contribution < 1.29 is 23.7 Å². The molecule has 0 unspecified atom stereocenters. The highest BCUT2D eigenvalue weighted by Crippen LogP contribution is 2.62. The first-order chi connectivity index (χ1) is 17.4. The fraction of sp³-hybridized carbons (Fsp3) is 0.567. The highest BCUT2D eigenvalue weighted by atomic mass is 35.5. The van der Waals surface area contributed by atoms with Crippen molar-refractivity contribution in [1.82, 2.24) is 0 Å². The zero-order valence-corrected chi connectivity index (χ0v) is 22.4. The molecule has 36 heavy (non-hydrogen) atoms. The van der Waals surface area contributed by atoms with Crippen LogP contribution in [0.1, 0.15) is 55.2 Å². The van der Waals surface area contributed by atoms with E-state index < -0.39 is 0 Å². The Kier molecular flexibility index (Phi) is 7.62. The van der Waals surface area contributed by atoms with Gasteiger partial charge < -0.3 is 18.9 Å². The van der Waals surface area contributed by atoms with Gasteiger partial charge in [0.05, 0.1) is 26.7 Å². The van der Waals surface area contributed by atoms with E-state index >= 15 is 0 Å². The average molecular weight is 513 g/mol. The number of benzene rings is 2. The van der Waals surface area contributed by atoms with Crippen LogP contribution in [0.4, 0.5) is 0 Å². The summed E-state index contributed by atoms with van der Waals surface area (Å²) in [6.07, 6.45) is 8.12. The van der Waals surface area contributed by atoms with E-state index in [1.807, 2.05) is 18.2 Å². The van der Waals surface area contributed by atoms with Gasteiger partial charge in [0.1, 0.15) is 5.75 Å². The highest BCUT2D eigenvalue weighted by molar-refractivity contribution is 6.33. The average Bonchev–Trinajstić information content (AvgIpc) is 2.83. The Balaban J connectivity index is 1.51. The van der Waals surface area contributed by atoms with Gasteiger partial charge in [0.15, 0.2) is 6.79 Å². The van der Waals surface area contributed by atoms with E-state index in [9.17, 15) is 4.79 Å². The summed E-state index contributed by atoms with van der Waals surface area (Å²) in [5.74, 6) is 3.15. The lowest BCUT2D eigenvalue weighted by Gasteiger charge is -2.57. The predicted octanol–water partition coefficient (Wildman–Crippen LogP) is 6.50. The van der Waals surface area contributed by atoms with Crippen molar-refractivity contribution in [2.45, 2.75) is 57.3 Å². The van der Waals surface area contributed by atoms with Crippen LogP contribution >= 0.6 is 11.6 Å².